The number of methoxy groups -OCH3 is 1. The standard InChI is InChI=1S/C17H19N3O5/c1-10(21)17(2,3)20-16(23)15(22)19-11-5-6-12(13(7-11)24-4)14-8-18-9-25-14/h5-9H,1-4H3,(H,19,22)(H,20,23). The number of nitrogens with zero attached hydrogens (tertiary/aromatic N) is 1. The van der Waals surface area contributed by atoms with Gasteiger partial charge in [0.2, 0.25) is 0 Å². The lowest BCUT2D eigenvalue weighted by Gasteiger charge is -2.22. The molecule has 25 heavy (non-hydrogen) atoms. The van der Waals surface area contributed by atoms with Crippen LogP contribution in [0.4, 0.5) is 5.69 Å². The highest BCUT2D eigenvalue weighted by molar-refractivity contribution is 6.40. The number of aromatic nitrogens is 1. The van der Waals surface area contributed by atoms with Gasteiger partial charge in [0, 0.05) is 11.8 Å². The Morgan fingerprint density at radius 2 is 1.92 bits per heavy atom. The number of carbonyl (C=O) groups is 3. The molecule has 0 spiro atoms. The molecule has 0 radical (unpaired) electrons. The van der Waals surface area contributed by atoms with Gasteiger partial charge in [0.05, 0.1) is 24.4 Å². The molecule has 8 heteroatoms. The SMILES string of the molecule is COc1cc(NC(=O)C(=O)NC(C)(C)C(C)=O)ccc1-c1cnco1. The summed E-state index contributed by atoms with van der Waals surface area (Å²) >= 11 is 0. The molecule has 0 aliphatic carbocycles. The van der Waals surface area contributed by atoms with Gasteiger partial charge in [0.15, 0.2) is 17.9 Å². The Labute approximate surface area is 144 Å². The van der Waals surface area contributed by atoms with Crippen molar-refractivity contribution in [2.45, 2.75) is 26.3 Å². The summed E-state index contributed by atoms with van der Waals surface area (Å²) in [5, 5.41) is 4.84. The predicted molar refractivity (Wildman–Crippen MR) is 90.0 cm³/mol. The molecule has 0 aliphatic rings. The lowest BCUT2D eigenvalue weighted by atomic mass is 10.0. The van der Waals surface area contributed by atoms with E-state index in [2.05, 4.69) is 15.6 Å². The van der Waals surface area contributed by atoms with Crippen molar-refractivity contribution in [3.05, 3.63) is 30.8 Å². The van der Waals surface area contributed by atoms with Crippen LogP contribution in [0.2, 0.25) is 0 Å². The Bertz CT molecular complexity index is 797. The lowest BCUT2D eigenvalue weighted by Crippen LogP contribution is -2.52. The van der Waals surface area contributed by atoms with Crippen molar-refractivity contribution in [3.63, 3.8) is 0 Å². The van der Waals surface area contributed by atoms with E-state index in [1.807, 2.05) is 0 Å². The first-order chi connectivity index (χ1) is 11.7. The van der Waals surface area contributed by atoms with Crippen LogP contribution in [0.1, 0.15) is 20.8 Å². The van der Waals surface area contributed by atoms with Crippen LogP contribution < -0.4 is 15.4 Å². The highest BCUT2D eigenvalue weighted by Crippen LogP contribution is 2.32. The Balaban J connectivity index is 2.13. The topological polar surface area (TPSA) is 111 Å². The second kappa shape index (κ2) is 7.16. The minimum Gasteiger partial charge on any atom is -0.496 e. The molecule has 8 nitrogen and oxygen atoms in total. The minimum atomic E-state index is -1.12. The molecule has 132 valence electrons. The zero-order valence-corrected chi connectivity index (χ0v) is 14.4. The minimum absolute atomic E-state index is 0.258. The molecule has 2 N–H and O–H groups in total. The van der Waals surface area contributed by atoms with Crippen LogP contribution in [0.5, 0.6) is 5.75 Å². The first-order valence-electron chi connectivity index (χ1n) is 7.46. The maximum Gasteiger partial charge on any atom is 0.313 e. The molecule has 1 aromatic carbocycles. The van der Waals surface area contributed by atoms with E-state index < -0.39 is 17.4 Å². The van der Waals surface area contributed by atoms with Crippen LogP contribution in [-0.4, -0.2) is 35.2 Å². The van der Waals surface area contributed by atoms with Gasteiger partial charge >= 0.3 is 11.8 Å². The fourth-order valence-electron chi connectivity index (χ4n) is 1.94. The Morgan fingerprint density at radius 1 is 1.20 bits per heavy atom. The number of ether oxygens (including phenoxy) is 1. The summed E-state index contributed by atoms with van der Waals surface area (Å²) in [7, 11) is 1.48. The van der Waals surface area contributed by atoms with Crippen LogP contribution >= 0.6 is 0 Å². The van der Waals surface area contributed by atoms with Crippen molar-refractivity contribution in [2.24, 2.45) is 0 Å². The molecule has 0 saturated carbocycles. The molecular formula is C17H19N3O5. The van der Waals surface area contributed by atoms with Gasteiger partial charge in [-0.2, -0.15) is 0 Å². The lowest BCUT2D eigenvalue weighted by molar-refractivity contribution is -0.138. The number of Topliss-reactive ketones (excluding diaryl/α,β-unsaturated/α-hetero) is 1. The van der Waals surface area contributed by atoms with Crippen molar-refractivity contribution in [1.82, 2.24) is 10.3 Å². The van der Waals surface area contributed by atoms with Crippen molar-refractivity contribution in [3.8, 4) is 17.1 Å². The number of rotatable bonds is 5. The average Bonchev–Trinajstić information content (AvgIpc) is 3.08. The number of hydrogen-bond acceptors (Lipinski definition) is 6. The monoisotopic (exact) mass is 345 g/mol. The van der Waals surface area contributed by atoms with Gasteiger partial charge in [-0.05, 0) is 32.9 Å². The Morgan fingerprint density at radius 3 is 2.48 bits per heavy atom. The largest absolute Gasteiger partial charge is 0.496 e. The van der Waals surface area contributed by atoms with Crippen LogP contribution in [0.3, 0.4) is 0 Å². The van der Waals surface area contributed by atoms with Crippen LogP contribution in [0.25, 0.3) is 11.3 Å². The number of nitrogens with one attached hydrogen (secondary N) is 2. The normalized spacial score (nSPS) is 10.9. The molecule has 2 amide bonds. The Hall–Kier alpha value is -3.16. The van der Waals surface area contributed by atoms with E-state index in [0.29, 0.717) is 22.8 Å². The first-order valence-corrected chi connectivity index (χ1v) is 7.46. The van der Waals surface area contributed by atoms with E-state index >= 15 is 0 Å². The maximum absolute atomic E-state index is 12.0. The average molecular weight is 345 g/mol. The van der Waals surface area contributed by atoms with E-state index in [1.54, 1.807) is 18.2 Å². The van der Waals surface area contributed by atoms with Crippen molar-refractivity contribution < 1.29 is 23.5 Å². The number of amides is 2. The van der Waals surface area contributed by atoms with Gasteiger partial charge < -0.3 is 19.8 Å². The molecule has 2 rings (SSSR count). The predicted octanol–water partition coefficient (Wildman–Crippen LogP) is 1.77. The second-order valence-corrected chi connectivity index (χ2v) is 5.87. The third kappa shape index (κ3) is 4.23. The third-order valence-electron chi connectivity index (χ3n) is 3.67. The number of oxazole rings is 1. The van der Waals surface area contributed by atoms with Gasteiger partial charge in [-0.15, -0.1) is 0 Å². The number of ketones is 1. The molecule has 0 aliphatic heterocycles. The molecule has 0 atom stereocenters. The molecule has 1 heterocycles. The summed E-state index contributed by atoms with van der Waals surface area (Å²) in [6.45, 7) is 4.39. The first kappa shape index (κ1) is 18.2. The number of hydrogen-bond donors (Lipinski definition) is 2. The summed E-state index contributed by atoms with van der Waals surface area (Å²) in [5.41, 5.74) is -0.108. The smallest absolute Gasteiger partial charge is 0.313 e. The van der Waals surface area contributed by atoms with Gasteiger partial charge in [-0.25, -0.2) is 4.98 Å². The van der Waals surface area contributed by atoms with Crippen molar-refractivity contribution in [2.75, 3.05) is 12.4 Å². The van der Waals surface area contributed by atoms with E-state index in [9.17, 15) is 14.4 Å². The fraction of sp³-hybridized carbons (Fsp3) is 0.294. The number of carbonyl (C=O) groups excluding carboxylic acids is 3. The summed E-state index contributed by atoms with van der Waals surface area (Å²) < 4.78 is 10.5. The summed E-state index contributed by atoms with van der Waals surface area (Å²) in [5.74, 6) is -1.09. The summed E-state index contributed by atoms with van der Waals surface area (Å²) in [6.07, 6.45) is 2.83. The van der Waals surface area contributed by atoms with Crippen LogP contribution in [0, 0.1) is 0 Å². The van der Waals surface area contributed by atoms with Crippen molar-refractivity contribution in [1.29, 1.82) is 0 Å². The Kier molecular flexibility index (Phi) is 5.21. The number of anilines is 1. The molecule has 0 fully saturated rings. The molecule has 0 bridgehead atoms. The molecule has 0 saturated heterocycles. The van der Waals surface area contributed by atoms with E-state index in [0.717, 1.165) is 0 Å². The molecule has 2 aromatic rings. The highest BCUT2D eigenvalue weighted by atomic mass is 16.5. The molecular weight excluding hydrogens is 326 g/mol. The maximum atomic E-state index is 12.0. The highest BCUT2D eigenvalue weighted by Gasteiger charge is 2.28. The molecule has 0 unspecified atom stereocenters. The van der Waals surface area contributed by atoms with Gasteiger partial charge in [0.25, 0.3) is 0 Å². The van der Waals surface area contributed by atoms with Gasteiger partial charge in [-0.1, -0.05) is 0 Å². The van der Waals surface area contributed by atoms with E-state index in [1.165, 1.54) is 40.5 Å². The third-order valence-corrected chi connectivity index (χ3v) is 3.67. The number of benzene rings is 1. The van der Waals surface area contributed by atoms with Crippen LogP contribution in [-0.2, 0) is 14.4 Å². The zero-order chi connectivity index (χ0) is 18.6. The second-order valence-electron chi connectivity index (χ2n) is 5.87. The van der Waals surface area contributed by atoms with E-state index in [4.69, 9.17) is 9.15 Å². The fourth-order valence-corrected chi connectivity index (χ4v) is 1.94. The van der Waals surface area contributed by atoms with Crippen LogP contribution in [0.15, 0.2) is 35.2 Å². The van der Waals surface area contributed by atoms with Crippen molar-refractivity contribution >= 4 is 23.3 Å². The van der Waals surface area contributed by atoms with E-state index in [-0.39, 0.29) is 5.78 Å². The summed E-state index contributed by atoms with van der Waals surface area (Å²) in [4.78, 5) is 39.3. The summed E-state index contributed by atoms with van der Waals surface area (Å²) in [6, 6.07) is 4.83. The zero-order valence-electron chi connectivity index (χ0n) is 14.4. The molecule has 1 aromatic heterocycles. The van der Waals surface area contributed by atoms with Gasteiger partial charge in [0.1, 0.15) is 5.75 Å². The van der Waals surface area contributed by atoms with Gasteiger partial charge in [-0.3, -0.25) is 14.4 Å². The quantitative estimate of drug-likeness (QED) is 0.799.